The molecule has 2 aromatic rings. The molecule has 0 unspecified atom stereocenters. The van der Waals surface area contributed by atoms with Crippen molar-refractivity contribution < 1.29 is 9.90 Å². The normalized spacial score (nSPS) is 23.7. The van der Waals surface area contributed by atoms with Gasteiger partial charge in [-0.05, 0) is 88.3 Å². The summed E-state index contributed by atoms with van der Waals surface area (Å²) in [5, 5.41) is 18.3. The first-order valence-electron chi connectivity index (χ1n) is 16.7. The van der Waals surface area contributed by atoms with Crippen LogP contribution in [0.2, 0.25) is 0 Å². The molecule has 0 aliphatic heterocycles. The van der Waals surface area contributed by atoms with E-state index in [1.807, 2.05) is 67.6 Å². The molecule has 3 aliphatic carbocycles. The van der Waals surface area contributed by atoms with E-state index in [0.717, 1.165) is 42.0 Å². The first-order valence-corrected chi connectivity index (χ1v) is 16.7. The monoisotopic (exact) mass is 559 g/mol. The van der Waals surface area contributed by atoms with Crippen molar-refractivity contribution in [2.45, 2.75) is 133 Å². The second-order valence-corrected chi connectivity index (χ2v) is 13.2. The van der Waals surface area contributed by atoms with E-state index in [2.05, 4.69) is 15.5 Å². The van der Waals surface area contributed by atoms with Crippen LogP contribution in [0.4, 0.5) is 4.79 Å². The Balaban J connectivity index is 1.11. The zero-order chi connectivity index (χ0) is 28.5. The van der Waals surface area contributed by atoms with Crippen LogP contribution in [0.15, 0.2) is 60.7 Å². The molecule has 0 heterocycles. The SMILES string of the molecule is C[C@H](NC(=O)N[C@H]1CC[C@H](CCN(C2CCCCC2)C2CCCCC2)CC1)C(O)(c1ccccc1)c1ccccc1. The Kier molecular flexibility index (Phi) is 10.8. The van der Waals surface area contributed by atoms with Crippen LogP contribution in [-0.2, 0) is 5.60 Å². The van der Waals surface area contributed by atoms with Crippen LogP contribution in [0.3, 0.4) is 0 Å². The van der Waals surface area contributed by atoms with E-state index >= 15 is 0 Å². The van der Waals surface area contributed by atoms with Crippen LogP contribution in [0, 0.1) is 5.92 Å². The average Bonchev–Trinajstić information content (AvgIpc) is 3.03. The third kappa shape index (κ3) is 7.73. The van der Waals surface area contributed by atoms with E-state index in [-0.39, 0.29) is 12.1 Å². The minimum Gasteiger partial charge on any atom is -0.378 e. The van der Waals surface area contributed by atoms with Crippen molar-refractivity contribution >= 4 is 6.03 Å². The molecule has 5 heteroatoms. The zero-order valence-corrected chi connectivity index (χ0v) is 25.3. The van der Waals surface area contributed by atoms with Gasteiger partial charge in [-0.3, -0.25) is 4.90 Å². The van der Waals surface area contributed by atoms with E-state index in [1.54, 1.807) is 0 Å². The van der Waals surface area contributed by atoms with Crippen LogP contribution < -0.4 is 10.6 Å². The Hall–Kier alpha value is -2.37. The number of benzene rings is 2. The number of urea groups is 1. The minimum absolute atomic E-state index is 0.188. The Morgan fingerprint density at radius 1 is 0.780 bits per heavy atom. The van der Waals surface area contributed by atoms with Gasteiger partial charge in [0.05, 0.1) is 6.04 Å². The molecule has 2 aromatic carbocycles. The third-order valence-corrected chi connectivity index (χ3v) is 10.5. The average molecular weight is 560 g/mol. The van der Waals surface area contributed by atoms with Crippen molar-refractivity contribution in [3.05, 3.63) is 71.8 Å². The van der Waals surface area contributed by atoms with Gasteiger partial charge in [-0.1, -0.05) is 99.2 Å². The van der Waals surface area contributed by atoms with Gasteiger partial charge in [0.1, 0.15) is 5.60 Å². The summed E-state index contributed by atoms with van der Waals surface area (Å²) in [6, 6.07) is 20.4. The van der Waals surface area contributed by atoms with Crippen LogP contribution >= 0.6 is 0 Å². The molecule has 5 rings (SSSR count). The van der Waals surface area contributed by atoms with Crippen molar-refractivity contribution in [1.82, 2.24) is 15.5 Å². The van der Waals surface area contributed by atoms with Gasteiger partial charge < -0.3 is 15.7 Å². The molecule has 0 spiro atoms. The largest absolute Gasteiger partial charge is 0.378 e. The van der Waals surface area contributed by atoms with E-state index in [0.29, 0.717) is 0 Å². The predicted octanol–water partition coefficient (Wildman–Crippen LogP) is 7.53. The molecule has 224 valence electrons. The summed E-state index contributed by atoms with van der Waals surface area (Å²) in [5.74, 6) is 0.769. The van der Waals surface area contributed by atoms with E-state index in [4.69, 9.17) is 0 Å². The second-order valence-electron chi connectivity index (χ2n) is 13.2. The lowest BCUT2D eigenvalue weighted by Crippen LogP contribution is -2.54. The molecule has 0 radical (unpaired) electrons. The van der Waals surface area contributed by atoms with Crippen LogP contribution in [-0.4, -0.2) is 46.7 Å². The fourth-order valence-electron chi connectivity index (χ4n) is 8.00. The third-order valence-electron chi connectivity index (χ3n) is 10.5. The van der Waals surface area contributed by atoms with Gasteiger partial charge in [-0.2, -0.15) is 0 Å². The number of nitrogens with one attached hydrogen (secondary N) is 2. The van der Waals surface area contributed by atoms with E-state index in [1.165, 1.54) is 90.0 Å². The van der Waals surface area contributed by atoms with Gasteiger partial charge >= 0.3 is 6.03 Å². The molecule has 3 fully saturated rings. The Labute approximate surface area is 248 Å². The van der Waals surface area contributed by atoms with Gasteiger partial charge in [-0.15, -0.1) is 0 Å². The topological polar surface area (TPSA) is 64.6 Å². The van der Waals surface area contributed by atoms with E-state index < -0.39 is 11.6 Å². The lowest BCUT2D eigenvalue weighted by atomic mass is 9.81. The minimum atomic E-state index is -1.32. The van der Waals surface area contributed by atoms with Crippen molar-refractivity contribution in [3.8, 4) is 0 Å². The Bertz CT molecular complexity index is 984. The number of aliphatic hydroxyl groups is 1. The first-order chi connectivity index (χ1) is 20.0. The standard InChI is InChI=1S/C36H53N3O2/c1-28(36(41,30-14-6-2-7-15-30)31-16-8-3-9-17-31)37-35(40)38-32-24-22-29(23-25-32)26-27-39(33-18-10-4-11-19-33)34-20-12-5-13-21-34/h2-3,6-9,14-17,28-29,32-34,41H,4-5,10-13,18-27H2,1H3,(H2,37,38,40)/t28-,29-,32-/m0/s1. The summed E-state index contributed by atoms with van der Waals surface area (Å²) >= 11 is 0. The molecule has 3 aliphatic rings. The Morgan fingerprint density at radius 3 is 1.76 bits per heavy atom. The highest BCUT2D eigenvalue weighted by Gasteiger charge is 2.39. The molecule has 41 heavy (non-hydrogen) atoms. The fourth-order valence-corrected chi connectivity index (χ4v) is 8.00. The molecular weight excluding hydrogens is 506 g/mol. The van der Waals surface area contributed by atoms with Crippen LogP contribution in [0.5, 0.6) is 0 Å². The van der Waals surface area contributed by atoms with Gasteiger partial charge in [-0.25, -0.2) is 4.79 Å². The zero-order valence-electron chi connectivity index (χ0n) is 25.3. The smallest absolute Gasteiger partial charge is 0.315 e. The second kappa shape index (κ2) is 14.7. The molecule has 3 N–H and O–H groups in total. The summed E-state index contributed by atoms with van der Waals surface area (Å²) in [6.45, 7) is 3.16. The lowest BCUT2D eigenvalue weighted by molar-refractivity contribution is 0.0470. The van der Waals surface area contributed by atoms with Gasteiger partial charge in [0.25, 0.3) is 0 Å². The summed E-state index contributed by atoms with van der Waals surface area (Å²) < 4.78 is 0. The van der Waals surface area contributed by atoms with Crippen molar-refractivity contribution in [2.24, 2.45) is 5.92 Å². The van der Waals surface area contributed by atoms with Crippen molar-refractivity contribution in [3.63, 3.8) is 0 Å². The van der Waals surface area contributed by atoms with Crippen molar-refractivity contribution in [2.75, 3.05) is 6.54 Å². The highest BCUT2D eigenvalue weighted by atomic mass is 16.3. The summed E-state index contributed by atoms with van der Waals surface area (Å²) in [7, 11) is 0. The van der Waals surface area contributed by atoms with Crippen molar-refractivity contribution in [1.29, 1.82) is 0 Å². The number of carbonyl (C=O) groups is 1. The van der Waals surface area contributed by atoms with Crippen LogP contribution in [0.25, 0.3) is 0 Å². The van der Waals surface area contributed by atoms with Gasteiger partial charge in [0.2, 0.25) is 0 Å². The molecule has 0 bridgehead atoms. The molecule has 5 nitrogen and oxygen atoms in total. The number of amides is 2. The number of rotatable bonds is 10. The fraction of sp³-hybridized carbons (Fsp3) is 0.639. The maximum Gasteiger partial charge on any atom is 0.315 e. The predicted molar refractivity (Wildman–Crippen MR) is 168 cm³/mol. The summed E-state index contributed by atoms with van der Waals surface area (Å²) in [4.78, 5) is 16.1. The highest BCUT2D eigenvalue weighted by Crippen LogP contribution is 2.34. The molecular formula is C36H53N3O2. The quantitative estimate of drug-likeness (QED) is 0.282. The molecule has 3 saturated carbocycles. The van der Waals surface area contributed by atoms with Gasteiger partial charge in [0.15, 0.2) is 0 Å². The summed E-state index contributed by atoms with van der Waals surface area (Å²) in [5.41, 5.74) is 0.227. The molecule has 0 saturated heterocycles. The van der Waals surface area contributed by atoms with Gasteiger partial charge in [0, 0.05) is 18.1 Å². The van der Waals surface area contributed by atoms with E-state index in [9.17, 15) is 9.90 Å². The molecule has 1 atom stereocenters. The first kappa shape index (κ1) is 30.1. The number of carbonyl (C=O) groups excluding carboxylic acids is 1. The maximum atomic E-state index is 13.1. The van der Waals surface area contributed by atoms with Crippen LogP contribution in [0.1, 0.15) is 114 Å². The number of hydrogen-bond acceptors (Lipinski definition) is 3. The molecule has 0 aromatic heterocycles. The lowest BCUT2D eigenvalue weighted by Gasteiger charge is -2.42. The highest BCUT2D eigenvalue weighted by molar-refractivity contribution is 5.75. The molecule has 2 amide bonds. The number of nitrogens with zero attached hydrogens (tertiary/aromatic N) is 1. The Morgan fingerprint density at radius 2 is 1.27 bits per heavy atom. The number of hydrogen-bond donors (Lipinski definition) is 3. The summed E-state index contributed by atoms with van der Waals surface area (Å²) in [6.07, 6.45) is 19.9. The maximum absolute atomic E-state index is 13.1.